The monoisotopic (exact) mass is 900 g/mol. The summed E-state index contributed by atoms with van der Waals surface area (Å²) in [6.45, 7) is 2.78. The van der Waals surface area contributed by atoms with E-state index < -0.39 is 17.9 Å². The SMILES string of the molecule is Cn1c(CNc2ccc(C3COc4ccc(OCCCCCOCCCOCC(=O)Nc5cccc6c5CN(C5CCC(=O)NC5=O)C6=O)cc4C3)c(C(N)=O)c2)nnc1-c1ccncn1. The third kappa shape index (κ3) is 10.8. The number of carbonyl (C=O) groups is 5. The summed E-state index contributed by atoms with van der Waals surface area (Å²) in [7, 11) is 1.87. The molecule has 5 aromatic rings. The zero-order valence-corrected chi connectivity index (χ0v) is 36.6. The number of anilines is 2. The van der Waals surface area contributed by atoms with Crippen LogP contribution in [0.5, 0.6) is 11.5 Å². The van der Waals surface area contributed by atoms with Crippen molar-refractivity contribution in [1.82, 2.24) is 34.9 Å². The van der Waals surface area contributed by atoms with Gasteiger partial charge in [-0.15, -0.1) is 10.2 Å². The molecule has 2 aromatic heterocycles. The first-order valence-electron chi connectivity index (χ1n) is 22.1. The van der Waals surface area contributed by atoms with Gasteiger partial charge in [-0.1, -0.05) is 12.1 Å². The Balaban J connectivity index is 0.700. The minimum absolute atomic E-state index is 0.0812. The van der Waals surface area contributed by atoms with Gasteiger partial charge in [0.15, 0.2) is 11.6 Å². The summed E-state index contributed by atoms with van der Waals surface area (Å²) < 4.78 is 25.4. The summed E-state index contributed by atoms with van der Waals surface area (Å²) in [4.78, 5) is 72.0. The lowest BCUT2D eigenvalue weighted by atomic mass is 9.87. The van der Waals surface area contributed by atoms with Gasteiger partial charge in [0, 0.05) is 80.0 Å². The number of nitrogens with two attached hydrogens (primary N) is 1. The van der Waals surface area contributed by atoms with Crippen molar-refractivity contribution in [2.24, 2.45) is 12.8 Å². The van der Waals surface area contributed by atoms with Crippen LogP contribution in [0.1, 0.15) is 87.7 Å². The highest BCUT2D eigenvalue weighted by Crippen LogP contribution is 2.37. The highest BCUT2D eigenvalue weighted by Gasteiger charge is 2.40. The van der Waals surface area contributed by atoms with E-state index in [0.29, 0.717) is 92.1 Å². The molecule has 19 nitrogen and oxygen atoms in total. The number of nitrogens with zero attached hydrogens (tertiary/aromatic N) is 6. The predicted octanol–water partition coefficient (Wildman–Crippen LogP) is 4.07. The molecular formula is C47H52N10O9. The molecule has 5 amide bonds. The van der Waals surface area contributed by atoms with Gasteiger partial charge in [0.05, 0.1) is 19.8 Å². The number of ether oxygens (including phenoxy) is 4. The normalized spacial score (nSPS) is 16.6. The molecule has 3 aromatic carbocycles. The van der Waals surface area contributed by atoms with E-state index in [4.69, 9.17) is 24.7 Å². The van der Waals surface area contributed by atoms with Crippen molar-refractivity contribution in [2.45, 2.75) is 70.0 Å². The number of piperidine rings is 1. The first kappa shape index (κ1) is 45.3. The molecular weight excluding hydrogens is 849 g/mol. The molecule has 8 rings (SSSR count). The van der Waals surface area contributed by atoms with E-state index in [1.165, 1.54) is 11.2 Å². The van der Waals surface area contributed by atoms with Crippen molar-refractivity contribution in [3.05, 3.63) is 107 Å². The number of rotatable bonds is 21. The van der Waals surface area contributed by atoms with Crippen molar-refractivity contribution in [3.8, 4) is 23.0 Å². The minimum atomic E-state index is -0.733. The highest BCUT2D eigenvalue weighted by atomic mass is 16.5. The molecule has 3 aliphatic rings. The van der Waals surface area contributed by atoms with Crippen LogP contribution in [0.25, 0.3) is 11.5 Å². The van der Waals surface area contributed by atoms with Crippen LogP contribution in [0.4, 0.5) is 11.4 Å². The summed E-state index contributed by atoms with van der Waals surface area (Å²) in [6.07, 6.45) is 7.49. The highest BCUT2D eigenvalue weighted by molar-refractivity contribution is 6.07. The number of nitrogens with one attached hydrogen (secondary N) is 3. The van der Waals surface area contributed by atoms with Gasteiger partial charge in [-0.2, -0.15) is 0 Å². The second-order valence-corrected chi connectivity index (χ2v) is 16.3. The Morgan fingerprint density at radius 3 is 2.64 bits per heavy atom. The third-order valence-electron chi connectivity index (χ3n) is 11.8. The van der Waals surface area contributed by atoms with Crippen LogP contribution in [0.3, 0.4) is 0 Å². The number of imide groups is 1. The molecule has 0 saturated carbocycles. The first-order chi connectivity index (χ1) is 32.1. The Hall–Kier alpha value is -7.25. The molecule has 66 heavy (non-hydrogen) atoms. The number of primary amides is 1. The maximum atomic E-state index is 13.1. The summed E-state index contributed by atoms with van der Waals surface area (Å²) in [5, 5.41) is 17.0. The summed E-state index contributed by atoms with van der Waals surface area (Å²) in [5.41, 5.74) is 11.1. The molecule has 19 heteroatoms. The Bertz CT molecular complexity index is 2590. The number of unbranched alkanes of at least 4 members (excludes halogenated alkanes) is 2. The second-order valence-electron chi connectivity index (χ2n) is 16.3. The molecule has 0 spiro atoms. The van der Waals surface area contributed by atoms with Crippen LogP contribution in [0, 0.1) is 0 Å². The van der Waals surface area contributed by atoms with Crippen molar-refractivity contribution in [3.63, 3.8) is 0 Å². The maximum absolute atomic E-state index is 13.1. The topological polar surface area (TPSA) is 244 Å². The number of amides is 5. The van der Waals surface area contributed by atoms with Crippen molar-refractivity contribution >= 4 is 40.9 Å². The Morgan fingerprint density at radius 1 is 0.955 bits per heavy atom. The van der Waals surface area contributed by atoms with Gasteiger partial charge >= 0.3 is 0 Å². The third-order valence-corrected chi connectivity index (χ3v) is 11.8. The van der Waals surface area contributed by atoms with Crippen LogP contribution in [-0.4, -0.2) is 105 Å². The Kier molecular flexibility index (Phi) is 14.5. The zero-order valence-electron chi connectivity index (χ0n) is 36.6. The summed E-state index contributed by atoms with van der Waals surface area (Å²) in [6, 6.07) is 17.6. The van der Waals surface area contributed by atoms with Crippen LogP contribution in [0.15, 0.2) is 73.2 Å². The number of carbonyl (C=O) groups excluding carboxylic acids is 5. The molecule has 1 fully saturated rings. The first-order valence-corrected chi connectivity index (χ1v) is 22.1. The number of aromatic nitrogens is 5. The lowest BCUT2D eigenvalue weighted by Gasteiger charge is -2.29. The lowest BCUT2D eigenvalue weighted by Crippen LogP contribution is -2.52. The second kappa shape index (κ2) is 21.2. The van der Waals surface area contributed by atoms with Gasteiger partial charge in [-0.25, -0.2) is 9.97 Å². The standard InChI is InChI=1S/C47H52N10O9/c1-56-41(54-55-45(56)38-15-16-49-28-51-38)24-50-31-9-11-33(35(23-31)44(48)60)30-21-29-22-32(10-13-40(29)66-26-30)65-20-4-2-3-17-63-18-6-19-64-27-43(59)52-37-8-5-7-34-36(37)25-57(47(34)62)39-12-14-42(58)53-46(39)61/h5,7-11,13,15-16,22-23,28,30,39,50H,2-4,6,12,14,17-21,24-27H2,1H3,(H2,48,60)(H,52,59)(H,53,58,61). The van der Waals surface area contributed by atoms with Gasteiger partial charge in [0.1, 0.15) is 36.2 Å². The summed E-state index contributed by atoms with van der Waals surface area (Å²) in [5.74, 6) is 0.767. The molecule has 344 valence electrons. The number of hydrogen-bond donors (Lipinski definition) is 4. The number of hydrogen-bond acceptors (Lipinski definition) is 14. The molecule has 2 atom stereocenters. The number of fused-ring (bicyclic) bond motifs is 2. The average Bonchev–Trinajstić information content (AvgIpc) is 3.87. The number of benzene rings is 3. The van der Waals surface area contributed by atoms with Gasteiger partial charge < -0.3 is 44.8 Å². The van der Waals surface area contributed by atoms with E-state index in [9.17, 15) is 24.0 Å². The van der Waals surface area contributed by atoms with Crippen molar-refractivity contribution in [1.29, 1.82) is 0 Å². The molecule has 2 unspecified atom stereocenters. The molecule has 0 aliphatic carbocycles. The van der Waals surface area contributed by atoms with Crippen molar-refractivity contribution in [2.75, 3.05) is 50.3 Å². The van der Waals surface area contributed by atoms with Crippen molar-refractivity contribution < 1.29 is 42.9 Å². The fourth-order valence-electron chi connectivity index (χ4n) is 8.33. The smallest absolute Gasteiger partial charge is 0.255 e. The predicted molar refractivity (Wildman–Crippen MR) is 239 cm³/mol. The molecule has 3 aliphatic heterocycles. The van der Waals surface area contributed by atoms with E-state index in [0.717, 1.165) is 47.6 Å². The largest absolute Gasteiger partial charge is 0.494 e. The van der Waals surface area contributed by atoms with Gasteiger partial charge in [-0.3, -0.25) is 29.3 Å². The van der Waals surface area contributed by atoms with Crippen LogP contribution >= 0.6 is 0 Å². The fourth-order valence-corrected chi connectivity index (χ4v) is 8.33. The van der Waals surface area contributed by atoms with E-state index in [1.807, 2.05) is 41.9 Å². The van der Waals surface area contributed by atoms with E-state index in [2.05, 4.69) is 36.1 Å². The minimum Gasteiger partial charge on any atom is -0.494 e. The molecule has 0 radical (unpaired) electrons. The lowest BCUT2D eigenvalue weighted by molar-refractivity contribution is -0.137. The maximum Gasteiger partial charge on any atom is 0.255 e. The van der Waals surface area contributed by atoms with E-state index >= 15 is 0 Å². The van der Waals surface area contributed by atoms with Crippen LogP contribution in [0.2, 0.25) is 0 Å². The fraction of sp³-hybridized carbons (Fsp3) is 0.383. The zero-order chi connectivity index (χ0) is 46.0. The van der Waals surface area contributed by atoms with Crippen LogP contribution < -0.4 is 31.2 Å². The Morgan fingerprint density at radius 2 is 1.80 bits per heavy atom. The molecule has 5 heterocycles. The van der Waals surface area contributed by atoms with E-state index in [-0.39, 0.29) is 49.6 Å². The van der Waals surface area contributed by atoms with Gasteiger partial charge in [-0.05, 0) is 98.2 Å². The quantitative estimate of drug-likeness (QED) is 0.0600. The van der Waals surface area contributed by atoms with Gasteiger partial charge in [0.2, 0.25) is 23.6 Å². The van der Waals surface area contributed by atoms with Gasteiger partial charge in [0.25, 0.3) is 5.91 Å². The Labute approximate surface area is 380 Å². The molecule has 1 saturated heterocycles. The molecule has 0 bridgehead atoms. The van der Waals surface area contributed by atoms with Crippen LogP contribution in [-0.2, 0) is 50.4 Å². The average molecular weight is 901 g/mol. The van der Waals surface area contributed by atoms with E-state index in [1.54, 1.807) is 36.5 Å². The molecule has 5 N–H and O–H groups in total. The summed E-state index contributed by atoms with van der Waals surface area (Å²) >= 11 is 0.